The molecule has 0 spiro atoms. The van der Waals surface area contributed by atoms with Gasteiger partial charge in [-0.3, -0.25) is 9.78 Å². The molecule has 0 atom stereocenters. The Morgan fingerprint density at radius 1 is 1.40 bits per heavy atom. The highest BCUT2D eigenvalue weighted by Crippen LogP contribution is 2.20. The molecule has 1 saturated carbocycles. The minimum absolute atomic E-state index is 0.104. The van der Waals surface area contributed by atoms with Crippen LogP contribution in [0, 0.1) is 5.82 Å². The molecule has 0 unspecified atom stereocenters. The van der Waals surface area contributed by atoms with Crippen molar-refractivity contribution >= 4 is 0 Å². The van der Waals surface area contributed by atoms with Gasteiger partial charge in [0.15, 0.2) is 0 Å². The Morgan fingerprint density at radius 2 is 2.13 bits per heavy atom. The standard InChI is InChI=1S/C10H13FN2O2/c11-8-6-12-10(13-9(8)14)15-7-4-2-1-3-5-7/h6-7H,1-5H2,(H,12,13,14). The molecule has 1 aromatic heterocycles. The molecule has 5 heteroatoms. The van der Waals surface area contributed by atoms with Gasteiger partial charge >= 0.3 is 0 Å². The summed E-state index contributed by atoms with van der Waals surface area (Å²) in [7, 11) is 0. The molecule has 0 aliphatic heterocycles. The van der Waals surface area contributed by atoms with E-state index in [0.29, 0.717) is 0 Å². The molecule has 82 valence electrons. The van der Waals surface area contributed by atoms with Gasteiger partial charge < -0.3 is 4.74 Å². The van der Waals surface area contributed by atoms with Gasteiger partial charge in [0.1, 0.15) is 6.10 Å². The van der Waals surface area contributed by atoms with Crippen LogP contribution in [0.25, 0.3) is 0 Å². The van der Waals surface area contributed by atoms with Gasteiger partial charge in [0.05, 0.1) is 6.20 Å². The molecule has 1 aliphatic carbocycles. The minimum Gasteiger partial charge on any atom is -0.461 e. The van der Waals surface area contributed by atoms with Crippen molar-refractivity contribution in [2.75, 3.05) is 0 Å². The molecule has 1 heterocycles. The Labute approximate surface area is 86.5 Å². The summed E-state index contributed by atoms with van der Waals surface area (Å²) in [5.74, 6) is -0.883. The second-order valence-corrected chi connectivity index (χ2v) is 3.74. The SMILES string of the molecule is O=c1[nH]c(OC2CCCCC2)ncc1F. The highest BCUT2D eigenvalue weighted by atomic mass is 19.1. The molecule has 1 fully saturated rings. The topological polar surface area (TPSA) is 55.0 Å². The normalized spacial score (nSPS) is 17.7. The zero-order chi connectivity index (χ0) is 10.7. The van der Waals surface area contributed by atoms with E-state index in [0.717, 1.165) is 31.9 Å². The maximum absolute atomic E-state index is 12.6. The maximum Gasteiger partial charge on any atom is 0.296 e. The van der Waals surface area contributed by atoms with Crippen LogP contribution in [0.5, 0.6) is 6.01 Å². The highest BCUT2D eigenvalue weighted by Gasteiger charge is 2.15. The molecular weight excluding hydrogens is 199 g/mol. The second-order valence-electron chi connectivity index (χ2n) is 3.74. The summed E-state index contributed by atoms with van der Waals surface area (Å²) in [5.41, 5.74) is -0.782. The van der Waals surface area contributed by atoms with Crippen LogP contribution < -0.4 is 10.3 Å². The molecule has 1 N–H and O–H groups in total. The van der Waals surface area contributed by atoms with Crippen LogP contribution in [0.15, 0.2) is 11.0 Å². The third-order valence-electron chi connectivity index (χ3n) is 2.56. The molecule has 1 aliphatic rings. The zero-order valence-corrected chi connectivity index (χ0v) is 8.33. The number of ether oxygens (including phenoxy) is 1. The summed E-state index contributed by atoms with van der Waals surface area (Å²) in [4.78, 5) is 16.9. The van der Waals surface area contributed by atoms with Crippen molar-refractivity contribution in [3.05, 3.63) is 22.4 Å². The van der Waals surface area contributed by atoms with E-state index < -0.39 is 11.4 Å². The van der Waals surface area contributed by atoms with Gasteiger partial charge in [0, 0.05) is 0 Å². The Bertz CT molecular complexity index is 385. The third-order valence-corrected chi connectivity index (χ3v) is 2.56. The predicted octanol–water partition coefficient (Wildman–Crippen LogP) is 1.62. The van der Waals surface area contributed by atoms with E-state index in [1.807, 2.05) is 0 Å². The molecule has 15 heavy (non-hydrogen) atoms. The fraction of sp³-hybridized carbons (Fsp3) is 0.600. The second kappa shape index (κ2) is 4.42. The van der Waals surface area contributed by atoms with E-state index in [2.05, 4.69) is 9.97 Å². The number of aromatic nitrogens is 2. The molecule has 0 amide bonds. The van der Waals surface area contributed by atoms with Crippen LogP contribution in [-0.2, 0) is 0 Å². The van der Waals surface area contributed by atoms with Gasteiger partial charge in [-0.05, 0) is 25.7 Å². The molecule has 2 rings (SSSR count). The molecule has 0 aromatic carbocycles. The number of hydrogen-bond donors (Lipinski definition) is 1. The third kappa shape index (κ3) is 2.55. The first-order valence-electron chi connectivity index (χ1n) is 5.17. The van der Waals surface area contributed by atoms with E-state index in [1.54, 1.807) is 0 Å². The summed E-state index contributed by atoms with van der Waals surface area (Å²) >= 11 is 0. The largest absolute Gasteiger partial charge is 0.461 e. The first-order valence-corrected chi connectivity index (χ1v) is 5.17. The lowest BCUT2D eigenvalue weighted by Gasteiger charge is -2.21. The first-order chi connectivity index (χ1) is 7.25. The Hall–Kier alpha value is -1.39. The zero-order valence-electron chi connectivity index (χ0n) is 8.33. The van der Waals surface area contributed by atoms with Gasteiger partial charge in [-0.1, -0.05) is 6.42 Å². The van der Waals surface area contributed by atoms with Gasteiger partial charge in [0.2, 0.25) is 5.82 Å². The number of H-pyrrole nitrogens is 1. The molecule has 0 bridgehead atoms. The number of aromatic amines is 1. The number of rotatable bonds is 2. The Morgan fingerprint density at radius 3 is 2.80 bits per heavy atom. The summed E-state index contributed by atoms with van der Waals surface area (Å²) in [6.07, 6.45) is 6.44. The van der Waals surface area contributed by atoms with Crippen LogP contribution in [0.4, 0.5) is 4.39 Å². The number of hydrogen-bond acceptors (Lipinski definition) is 3. The quantitative estimate of drug-likeness (QED) is 0.810. The van der Waals surface area contributed by atoms with Gasteiger partial charge in [-0.25, -0.2) is 4.98 Å². The van der Waals surface area contributed by atoms with Crippen LogP contribution >= 0.6 is 0 Å². The minimum atomic E-state index is -0.883. The molecular formula is C10H13FN2O2. The van der Waals surface area contributed by atoms with E-state index in [9.17, 15) is 9.18 Å². The predicted molar refractivity (Wildman–Crippen MR) is 52.3 cm³/mol. The van der Waals surface area contributed by atoms with Gasteiger partial charge in [0.25, 0.3) is 11.6 Å². The van der Waals surface area contributed by atoms with Crippen molar-refractivity contribution in [2.24, 2.45) is 0 Å². The van der Waals surface area contributed by atoms with Crippen molar-refractivity contribution in [2.45, 2.75) is 38.2 Å². The lowest BCUT2D eigenvalue weighted by Crippen LogP contribution is -2.23. The van der Waals surface area contributed by atoms with Crippen molar-refractivity contribution in [3.8, 4) is 6.01 Å². The lowest BCUT2D eigenvalue weighted by atomic mass is 9.98. The fourth-order valence-corrected chi connectivity index (χ4v) is 1.76. The van der Waals surface area contributed by atoms with Crippen LogP contribution in [0.1, 0.15) is 32.1 Å². The summed E-state index contributed by atoms with van der Waals surface area (Å²) in [5, 5.41) is 0. The average Bonchev–Trinajstić information content (AvgIpc) is 2.25. The van der Waals surface area contributed by atoms with E-state index in [4.69, 9.17) is 4.74 Å². The fourth-order valence-electron chi connectivity index (χ4n) is 1.76. The van der Waals surface area contributed by atoms with Gasteiger partial charge in [-0.15, -0.1) is 0 Å². The number of nitrogens with one attached hydrogen (secondary N) is 1. The summed E-state index contributed by atoms with van der Waals surface area (Å²) in [6.45, 7) is 0. The van der Waals surface area contributed by atoms with E-state index in [-0.39, 0.29) is 12.1 Å². The van der Waals surface area contributed by atoms with E-state index >= 15 is 0 Å². The van der Waals surface area contributed by atoms with Gasteiger partial charge in [-0.2, -0.15) is 4.39 Å². The van der Waals surface area contributed by atoms with Crippen LogP contribution in [0.3, 0.4) is 0 Å². The van der Waals surface area contributed by atoms with Crippen LogP contribution in [-0.4, -0.2) is 16.1 Å². The summed E-state index contributed by atoms with van der Waals surface area (Å²) < 4.78 is 18.1. The highest BCUT2D eigenvalue weighted by molar-refractivity contribution is 4.97. The molecule has 4 nitrogen and oxygen atoms in total. The monoisotopic (exact) mass is 212 g/mol. The molecule has 1 aromatic rings. The Balaban J connectivity index is 2.03. The lowest BCUT2D eigenvalue weighted by molar-refractivity contribution is 0.141. The smallest absolute Gasteiger partial charge is 0.296 e. The molecule has 0 saturated heterocycles. The number of halogens is 1. The summed E-state index contributed by atoms with van der Waals surface area (Å²) in [6, 6.07) is 0.119. The van der Waals surface area contributed by atoms with Crippen molar-refractivity contribution in [1.29, 1.82) is 0 Å². The van der Waals surface area contributed by atoms with Crippen molar-refractivity contribution in [3.63, 3.8) is 0 Å². The first kappa shape index (κ1) is 10.1. The maximum atomic E-state index is 12.6. The van der Waals surface area contributed by atoms with Crippen molar-refractivity contribution in [1.82, 2.24) is 9.97 Å². The van der Waals surface area contributed by atoms with Crippen molar-refractivity contribution < 1.29 is 9.13 Å². The van der Waals surface area contributed by atoms with E-state index in [1.165, 1.54) is 6.42 Å². The molecule has 0 radical (unpaired) electrons. The average molecular weight is 212 g/mol. The van der Waals surface area contributed by atoms with Crippen LogP contribution in [0.2, 0.25) is 0 Å². The Kier molecular flexibility index (Phi) is 2.99. The number of nitrogens with zero attached hydrogens (tertiary/aromatic N) is 1.